The van der Waals surface area contributed by atoms with Crippen LogP contribution in [0.15, 0.2) is 23.8 Å². The maximum absolute atomic E-state index is 10.9. The van der Waals surface area contributed by atoms with Crippen molar-refractivity contribution in [3.05, 3.63) is 29.3 Å². The molecule has 0 saturated heterocycles. The van der Waals surface area contributed by atoms with Crippen LogP contribution in [0.4, 0.5) is 0 Å². The zero-order valence-electron chi connectivity index (χ0n) is 10.4. The molecule has 5 heteroatoms. The lowest BCUT2D eigenvalue weighted by molar-refractivity contribution is -0.132. The van der Waals surface area contributed by atoms with Crippen LogP contribution in [0.25, 0.3) is 5.57 Å². The van der Waals surface area contributed by atoms with Crippen LogP contribution >= 0.6 is 0 Å². The average Bonchev–Trinajstić information content (AvgIpc) is 2.38. The zero-order valence-corrected chi connectivity index (χ0v) is 10.4. The van der Waals surface area contributed by atoms with Gasteiger partial charge in [0.15, 0.2) is 0 Å². The van der Waals surface area contributed by atoms with Crippen molar-refractivity contribution in [2.24, 2.45) is 0 Å². The SMILES string of the molecule is COc1ccc(OC)c(/C(C)=C(\C#N)C(=O)O)c1. The van der Waals surface area contributed by atoms with E-state index in [1.165, 1.54) is 14.2 Å². The molecule has 0 aliphatic rings. The van der Waals surface area contributed by atoms with E-state index in [0.29, 0.717) is 22.6 Å². The Hall–Kier alpha value is -2.48. The number of hydrogen-bond acceptors (Lipinski definition) is 4. The largest absolute Gasteiger partial charge is 0.497 e. The number of nitrogens with zero attached hydrogens (tertiary/aromatic N) is 1. The van der Waals surface area contributed by atoms with E-state index in [9.17, 15) is 4.79 Å². The molecule has 0 aliphatic heterocycles. The molecule has 0 amide bonds. The molecule has 0 saturated carbocycles. The normalized spacial score (nSPS) is 11.2. The fourth-order valence-electron chi connectivity index (χ4n) is 1.53. The Morgan fingerprint density at radius 1 is 1.33 bits per heavy atom. The Morgan fingerprint density at radius 2 is 2.00 bits per heavy atom. The van der Waals surface area contributed by atoms with Crippen molar-refractivity contribution in [1.29, 1.82) is 5.26 Å². The first-order chi connectivity index (χ1) is 8.54. The minimum Gasteiger partial charge on any atom is -0.497 e. The van der Waals surface area contributed by atoms with Crippen molar-refractivity contribution in [2.75, 3.05) is 14.2 Å². The van der Waals surface area contributed by atoms with Gasteiger partial charge in [-0.15, -0.1) is 0 Å². The predicted octanol–water partition coefficient (Wildman–Crippen LogP) is 2.09. The number of carboxylic acid groups (broad SMARTS) is 1. The molecule has 0 bridgehead atoms. The molecular formula is C13H13NO4. The second-order valence-corrected chi connectivity index (χ2v) is 3.48. The van der Waals surface area contributed by atoms with Crippen molar-refractivity contribution >= 4 is 11.5 Å². The van der Waals surface area contributed by atoms with E-state index in [0.717, 1.165) is 0 Å². The molecule has 0 spiro atoms. The van der Waals surface area contributed by atoms with E-state index in [4.69, 9.17) is 19.8 Å². The molecule has 0 unspecified atom stereocenters. The number of nitriles is 1. The van der Waals surface area contributed by atoms with Gasteiger partial charge in [-0.2, -0.15) is 5.26 Å². The summed E-state index contributed by atoms with van der Waals surface area (Å²) in [6.45, 7) is 1.56. The minimum absolute atomic E-state index is 0.318. The quantitative estimate of drug-likeness (QED) is 0.651. The second kappa shape index (κ2) is 5.73. The first kappa shape index (κ1) is 13.6. The highest BCUT2D eigenvalue weighted by Gasteiger charge is 2.16. The molecule has 0 aliphatic carbocycles. The van der Waals surface area contributed by atoms with E-state index in [2.05, 4.69) is 0 Å². The van der Waals surface area contributed by atoms with Gasteiger partial charge in [-0.1, -0.05) is 0 Å². The molecular weight excluding hydrogens is 234 g/mol. The number of methoxy groups -OCH3 is 2. The summed E-state index contributed by atoms with van der Waals surface area (Å²) in [4.78, 5) is 10.9. The summed E-state index contributed by atoms with van der Waals surface area (Å²) < 4.78 is 10.2. The highest BCUT2D eigenvalue weighted by atomic mass is 16.5. The number of hydrogen-bond donors (Lipinski definition) is 1. The standard InChI is InChI=1S/C13H13NO4/c1-8(11(7-14)13(15)16)10-6-9(17-2)4-5-12(10)18-3/h4-6H,1-3H3,(H,15,16)/b11-8+. The summed E-state index contributed by atoms with van der Waals surface area (Å²) in [7, 11) is 2.98. The van der Waals surface area contributed by atoms with Gasteiger partial charge in [-0.05, 0) is 30.7 Å². The molecule has 1 aromatic rings. The van der Waals surface area contributed by atoms with Crippen molar-refractivity contribution < 1.29 is 19.4 Å². The molecule has 5 nitrogen and oxygen atoms in total. The van der Waals surface area contributed by atoms with Gasteiger partial charge in [0.05, 0.1) is 14.2 Å². The lowest BCUT2D eigenvalue weighted by atomic mass is 10.0. The first-order valence-corrected chi connectivity index (χ1v) is 5.11. The van der Waals surface area contributed by atoms with Crippen molar-refractivity contribution in [3.63, 3.8) is 0 Å². The molecule has 0 aromatic heterocycles. The van der Waals surface area contributed by atoms with Crippen LogP contribution in [0.2, 0.25) is 0 Å². The van der Waals surface area contributed by atoms with Crippen LogP contribution in [0.3, 0.4) is 0 Å². The summed E-state index contributed by atoms with van der Waals surface area (Å²) in [6.07, 6.45) is 0. The second-order valence-electron chi connectivity index (χ2n) is 3.48. The third kappa shape index (κ3) is 2.61. The topological polar surface area (TPSA) is 79.5 Å². The summed E-state index contributed by atoms with van der Waals surface area (Å²) >= 11 is 0. The number of rotatable bonds is 4. The maximum atomic E-state index is 10.9. The molecule has 94 valence electrons. The molecule has 0 radical (unpaired) electrons. The monoisotopic (exact) mass is 247 g/mol. The zero-order chi connectivity index (χ0) is 13.7. The van der Waals surface area contributed by atoms with Crippen LogP contribution in [-0.4, -0.2) is 25.3 Å². The molecule has 0 heterocycles. The number of carbonyl (C=O) groups is 1. The fourth-order valence-corrected chi connectivity index (χ4v) is 1.53. The summed E-state index contributed by atoms with van der Waals surface area (Å²) in [5.74, 6) is -0.213. The Morgan fingerprint density at radius 3 is 2.44 bits per heavy atom. The third-order valence-corrected chi connectivity index (χ3v) is 2.51. The molecule has 1 N–H and O–H groups in total. The Labute approximate surface area is 105 Å². The van der Waals surface area contributed by atoms with Crippen LogP contribution < -0.4 is 9.47 Å². The summed E-state index contributed by atoms with van der Waals surface area (Å²) in [5.41, 5.74) is 0.540. The van der Waals surface area contributed by atoms with Crippen LogP contribution in [-0.2, 0) is 4.79 Å². The van der Waals surface area contributed by atoms with Crippen LogP contribution in [0.5, 0.6) is 11.5 Å². The fraction of sp³-hybridized carbons (Fsp3) is 0.231. The highest BCUT2D eigenvalue weighted by Crippen LogP contribution is 2.31. The number of allylic oxidation sites excluding steroid dienone is 1. The molecule has 1 aromatic carbocycles. The van der Waals surface area contributed by atoms with Crippen LogP contribution in [0, 0.1) is 11.3 Å². The molecule has 1 rings (SSSR count). The molecule has 0 atom stereocenters. The van der Waals surface area contributed by atoms with Crippen molar-refractivity contribution in [3.8, 4) is 17.6 Å². The Bertz CT molecular complexity index is 540. The van der Waals surface area contributed by atoms with E-state index in [-0.39, 0.29) is 5.57 Å². The number of aliphatic carboxylic acids is 1. The number of carboxylic acids is 1. The molecule has 0 fully saturated rings. The van der Waals surface area contributed by atoms with Crippen LogP contribution in [0.1, 0.15) is 12.5 Å². The van der Waals surface area contributed by atoms with Crippen molar-refractivity contribution in [1.82, 2.24) is 0 Å². The number of benzene rings is 1. The summed E-state index contributed by atoms with van der Waals surface area (Å²) in [6, 6.07) is 6.66. The Balaban J connectivity index is 3.48. The highest BCUT2D eigenvalue weighted by molar-refractivity contribution is 6.00. The van der Waals surface area contributed by atoms with Gasteiger partial charge < -0.3 is 14.6 Å². The van der Waals surface area contributed by atoms with Gasteiger partial charge in [0.1, 0.15) is 23.1 Å². The van der Waals surface area contributed by atoms with Gasteiger partial charge in [-0.3, -0.25) is 0 Å². The minimum atomic E-state index is -1.26. The van der Waals surface area contributed by atoms with Gasteiger partial charge in [0, 0.05) is 5.56 Å². The van der Waals surface area contributed by atoms with Gasteiger partial charge >= 0.3 is 5.97 Å². The Kier molecular flexibility index (Phi) is 4.33. The first-order valence-electron chi connectivity index (χ1n) is 5.11. The summed E-state index contributed by atoms with van der Waals surface area (Å²) in [5, 5.41) is 17.8. The van der Waals surface area contributed by atoms with Gasteiger partial charge in [0.25, 0.3) is 0 Å². The van der Waals surface area contributed by atoms with E-state index in [1.54, 1.807) is 31.2 Å². The average molecular weight is 247 g/mol. The number of ether oxygens (including phenoxy) is 2. The van der Waals surface area contributed by atoms with E-state index < -0.39 is 5.97 Å². The van der Waals surface area contributed by atoms with E-state index >= 15 is 0 Å². The smallest absolute Gasteiger partial charge is 0.346 e. The predicted molar refractivity (Wildman–Crippen MR) is 65.4 cm³/mol. The van der Waals surface area contributed by atoms with E-state index in [1.807, 2.05) is 0 Å². The van der Waals surface area contributed by atoms with Gasteiger partial charge in [0.2, 0.25) is 0 Å². The molecule has 18 heavy (non-hydrogen) atoms. The maximum Gasteiger partial charge on any atom is 0.346 e. The van der Waals surface area contributed by atoms with Gasteiger partial charge in [-0.25, -0.2) is 4.79 Å². The van der Waals surface area contributed by atoms with Crippen molar-refractivity contribution in [2.45, 2.75) is 6.92 Å². The lowest BCUT2D eigenvalue weighted by Gasteiger charge is -2.11. The third-order valence-electron chi connectivity index (χ3n) is 2.51. The lowest BCUT2D eigenvalue weighted by Crippen LogP contribution is -2.02.